The van der Waals surface area contributed by atoms with Crippen LogP contribution in [0.15, 0.2) is 12.1 Å². The molecule has 0 bridgehead atoms. The lowest BCUT2D eigenvalue weighted by Gasteiger charge is -2.15. The van der Waals surface area contributed by atoms with Crippen molar-refractivity contribution < 1.29 is 9.90 Å². The van der Waals surface area contributed by atoms with Gasteiger partial charge in [0.2, 0.25) is 0 Å². The van der Waals surface area contributed by atoms with Crippen LogP contribution in [0.2, 0.25) is 5.02 Å². The second-order valence-electron chi connectivity index (χ2n) is 4.00. The first-order chi connectivity index (χ1) is 7.41. The summed E-state index contributed by atoms with van der Waals surface area (Å²) >= 11 is 6.05. The van der Waals surface area contributed by atoms with Crippen molar-refractivity contribution in [2.75, 3.05) is 0 Å². The second kappa shape index (κ2) is 5.32. The van der Waals surface area contributed by atoms with Crippen molar-refractivity contribution >= 4 is 17.6 Å². The molecular formula is C12H16ClNO2. The van der Waals surface area contributed by atoms with Crippen LogP contribution in [-0.4, -0.2) is 11.1 Å². The van der Waals surface area contributed by atoms with Crippen LogP contribution in [0.5, 0.6) is 0 Å². The molecule has 1 aromatic rings. The molecule has 0 aliphatic rings. The predicted molar refractivity (Wildman–Crippen MR) is 64.7 cm³/mol. The van der Waals surface area contributed by atoms with Gasteiger partial charge in [-0.3, -0.25) is 4.79 Å². The first-order valence-corrected chi connectivity index (χ1v) is 5.53. The van der Waals surface area contributed by atoms with E-state index in [1.54, 1.807) is 0 Å². The highest BCUT2D eigenvalue weighted by molar-refractivity contribution is 6.31. The molecule has 1 unspecified atom stereocenters. The van der Waals surface area contributed by atoms with Crippen molar-refractivity contribution in [1.29, 1.82) is 0 Å². The van der Waals surface area contributed by atoms with Crippen molar-refractivity contribution in [3.63, 3.8) is 0 Å². The Balaban J connectivity index is 2.90. The first-order valence-electron chi connectivity index (χ1n) is 5.16. The van der Waals surface area contributed by atoms with E-state index >= 15 is 0 Å². The Kier molecular flexibility index (Phi) is 4.33. The van der Waals surface area contributed by atoms with E-state index in [4.69, 9.17) is 22.4 Å². The number of carboxylic acids is 1. The van der Waals surface area contributed by atoms with Crippen LogP contribution in [0, 0.1) is 13.8 Å². The molecule has 4 heteroatoms. The van der Waals surface area contributed by atoms with E-state index in [1.807, 2.05) is 26.0 Å². The molecular weight excluding hydrogens is 226 g/mol. The standard InChI is InChI=1S/C12H16ClNO2/c1-7-5-9(8(2)10(13)6-7)11(14)3-4-12(15)16/h5-6,11H,3-4,14H2,1-2H3,(H,15,16). The van der Waals surface area contributed by atoms with Gasteiger partial charge >= 0.3 is 5.97 Å². The van der Waals surface area contributed by atoms with Crippen molar-refractivity contribution in [2.24, 2.45) is 5.73 Å². The van der Waals surface area contributed by atoms with Gasteiger partial charge in [-0.15, -0.1) is 0 Å². The van der Waals surface area contributed by atoms with Gasteiger partial charge in [-0.25, -0.2) is 0 Å². The lowest BCUT2D eigenvalue weighted by Crippen LogP contribution is -2.14. The van der Waals surface area contributed by atoms with Crippen molar-refractivity contribution in [3.05, 3.63) is 33.8 Å². The Morgan fingerprint density at radius 3 is 2.69 bits per heavy atom. The summed E-state index contributed by atoms with van der Waals surface area (Å²) in [6.45, 7) is 3.84. The van der Waals surface area contributed by atoms with Crippen molar-refractivity contribution in [2.45, 2.75) is 32.7 Å². The highest BCUT2D eigenvalue weighted by atomic mass is 35.5. The van der Waals surface area contributed by atoms with E-state index in [9.17, 15) is 4.79 Å². The van der Waals surface area contributed by atoms with Crippen LogP contribution in [-0.2, 0) is 4.79 Å². The minimum absolute atomic E-state index is 0.0756. The van der Waals surface area contributed by atoms with Gasteiger partial charge in [0.05, 0.1) is 0 Å². The van der Waals surface area contributed by atoms with Gasteiger partial charge in [0.15, 0.2) is 0 Å². The van der Waals surface area contributed by atoms with Crippen LogP contribution < -0.4 is 5.73 Å². The molecule has 0 saturated carbocycles. The van der Waals surface area contributed by atoms with Crippen LogP contribution in [0.3, 0.4) is 0 Å². The molecule has 16 heavy (non-hydrogen) atoms. The minimum atomic E-state index is -0.827. The van der Waals surface area contributed by atoms with Gasteiger partial charge in [-0.1, -0.05) is 17.7 Å². The molecule has 0 aromatic heterocycles. The molecule has 0 heterocycles. The molecule has 0 fully saturated rings. The fourth-order valence-corrected chi connectivity index (χ4v) is 1.94. The smallest absolute Gasteiger partial charge is 0.303 e. The Labute approximate surface area is 100 Å². The summed E-state index contributed by atoms with van der Waals surface area (Å²) in [5, 5.41) is 9.29. The monoisotopic (exact) mass is 241 g/mol. The third-order valence-corrected chi connectivity index (χ3v) is 2.99. The number of rotatable bonds is 4. The maximum atomic E-state index is 10.5. The van der Waals surface area contributed by atoms with Gasteiger partial charge in [0.1, 0.15) is 0 Å². The predicted octanol–water partition coefficient (Wildman–Crippen LogP) is 2.82. The van der Waals surface area contributed by atoms with Crippen LogP contribution in [0.4, 0.5) is 0 Å². The lowest BCUT2D eigenvalue weighted by atomic mass is 9.96. The molecule has 1 rings (SSSR count). The SMILES string of the molecule is Cc1cc(Cl)c(C)c(C(N)CCC(=O)O)c1. The Morgan fingerprint density at radius 2 is 2.12 bits per heavy atom. The molecule has 0 spiro atoms. The molecule has 3 nitrogen and oxygen atoms in total. The summed E-state index contributed by atoms with van der Waals surface area (Å²) in [5.74, 6) is -0.827. The Morgan fingerprint density at radius 1 is 1.50 bits per heavy atom. The molecule has 0 amide bonds. The maximum Gasteiger partial charge on any atom is 0.303 e. The zero-order chi connectivity index (χ0) is 12.3. The van der Waals surface area contributed by atoms with Crippen molar-refractivity contribution in [3.8, 4) is 0 Å². The number of carboxylic acid groups (broad SMARTS) is 1. The molecule has 0 saturated heterocycles. The summed E-state index contributed by atoms with van der Waals surface area (Å²) in [6, 6.07) is 3.58. The number of benzene rings is 1. The third-order valence-electron chi connectivity index (χ3n) is 2.60. The fraction of sp³-hybridized carbons (Fsp3) is 0.417. The zero-order valence-corrected chi connectivity index (χ0v) is 10.2. The lowest BCUT2D eigenvalue weighted by molar-refractivity contribution is -0.137. The molecule has 0 radical (unpaired) electrons. The normalized spacial score (nSPS) is 12.5. The van der Waals surface area contributed by atoms with Gasteiger partial charge in [-0.05, 0) is 43.0 Å². The summed E-state index contributed by atoms with van der Waals surface area (Å²) < 4.78 is 0. The number of aliphatic carboxylic acids is 1. The third kappa shape index (κ3) is 3.22. The summed E-state index contributed by atoms with van der Waals surface area (Å²) in [5.41, 5.74) is 8.87. The topological polar surface area (TPSA) is 63.3 Å². The minimum Gasteiger partial charge on any atom is -0.481 e. The Hall–Kier alpha value is -1.06. The van der Waals surface area contributed by atoms with E-state index in [2.05, 4.69) is 0 Å². The quantitative estimate of drug-likeness (QED) is 0.852. The average molecular weight is 242 g/mol. The van der Waals surface area contributed by atoms with E-state index < -0.39 is 5.97 Å². The zero-order valence-electron chi connectivity index (χ0n) is 9.46. The van der Waals surface area contributed by atoms with E-state index in [1.165, 1.54) is 0 Å². The highest BCUT2D eigenvalue weighted by Crippen LogP contribution is 2.27. The Bertz CT molecular complexity index is 404. The molecule has 0 aliphatic heterocycles. The summed E-state index contributed by atoms with van der Waals surface area (Å²) in [4.78, 5) is 10.5. The second-order valence-corrected chi connectivity index (χ2v) is 4.41. The first kappa shape index (κ1) is 13.0. The van der Waals surface area contributed by atoms with E-state index in [0.717, 1.165) is 16.7 Å². The molecule has 0 aliphatic carbocycles. The molecule has 3 N–H and O–H groups in total. The van der Waals surface area contributed by atoms with Gasteiger partial charge in [-0.2, -0.15) is 0 Å². The van der Waals surface area contributed by atoms with Crippen molar-refractivity contribution in [1.82, 2.24) is 0 Å². The van der Waals surface area contributed by atoms with Gasteiger partial charge in [0, 0.05) is 17.5 Å². The summed E-state index contributed by atoms with van der Waals surface area (Å²) in [7, 11) is 0. The number of hydrogen-bond donors (Lipinski definition) is 2. The van der Waals surface area contributed by atoms with Crippen LogP contribution in [0.25, 0.3) is 0 Å². The number of aryl methyl sites for hydroxylation is 1. The van der Waals surface area contributed by atoms with Gasteiger partial charge < -0.3 is 10.8 Å². The number of carbonyl (C=O) groups is 1. The highest BCUT2D eigenvalue weighted by Gasteiger charge is 2.13. The fourth-order valence-electron chi connectivity index (χ4n) is 1.66. The van der Waals surface area contributed by atoms with Crippen LogP contribution >= 0.6 is 11.6 Å². The number of halogens is 1. The average Bonchev–Trinajstić information content (AvgIpc) is 2.19. The number of nitrogens with two attached hydrogens (primary N) is 1. The summed E-state index contributed by atoms with van der Waals surface area (Å²) in [6.07, 6.45) is 0.502. The maximum absolute atomic E-state index is 10.5. The number of hydrogen-bond acceptors (Lipinski definition) is 2. The van der Waals surface area contributed by atoms with E-state index in [0.29, 0.717) is 11.4 Å². The molecule has 1 atom stereocenters. The van der Waals surface area contributed by atoms with Crippen LogP contribution in [0.1, 0.15) is 35.6 Å². The molecule has 1 aromatic carbocycles. The largest absolute Gasteiger partial charge is 0.481 e. The molecule has 88 valence electrons. The van der Waals surface area contributed by atoms with E-state index in [-0.39, 0.29) is 12.5 Å². The van der Waals surface area contributed by atoms with Gasteiger partial charge in [0.25, 0.3) is 0 Å².